The van der Waals surface area contributed by atoms with E-state index in [4.69, 9.17) is 4.42 Å². The molecule has 1 heterocycles. The molecule has 0 aliphatic carbocycles. The molecule has 0 aliphatic rings. The second-order valence-corrected chi connectivity index (χ2v) is 12.4. The van der Waals surface area contributed by atoms with Crippen LogP contribution in [0.3, 0.4) is 0 Å². The van der Waals surface area contributed by atoms with Gasteiger partial charge in [0.15, 0.2) is 0 Å². The predicted molar refractivity (Wildman–Crippen MR) is 200 cm³/mol. The first kappa shape index (κ1) is 26.1. The Labute approximate surface area is 271 Å². The summed E-state index contributed by atoms with van der Waals surface area (Å²) in [5.41, 5.74) is 9.31. The van der Waals surface area contributed by atoms with Gasteiger partial charge in [0.2, 0.25) is 0 Å². The van der Waals surface area contributed by atoms with Gasteiger partial charge in [0.1, 0.15) is 11.2 Å². The van der Waals surface area contributed by atoms with Crippen LogP contribution in [0.2, 0.25) is 0 Å². The van der Waals surface area contributed by atoms with E-state index in [1.165, 1.54) is 76.5 Å². The Bertz CT molecular complexity index is 2790. The van der Waals surface area contributed by atoms with E-state index in [0.717, 1.165) is 21.9 Å². The van der Waals surface area contributed by atoms with E-state index in [-0.39, 0.29) is 0 Å². The zero-order valence-electron chi connectivity index (χ0n) is 25.6. The molecule has 1 aromatic heterocycles. The maximum absolute atomic E-state index is 6.19. The van der Waals surface area contributed by atoms with E-state index in [1.54, 1.807) is 0 Å². The molecule has 0 N–H and O–H groups in total. The van der Waals surface area contributed by atoms with E-state index in [1.807, 2.05) is 12.1 Å². The molecule has 10 aromatic rings. The summed E-state index contributed by atoms with van der Waals surface area (Å²) in [7, 11) is 0. The predicted octanol–water partition coefficient (Wildman–Crippen LogP) is 13.2. The normalized spacial score (nSPS) is 11.8. The summed E-state index contributed by atoms with van der Waals surface area (Å²) in [4.78, 5) is 0. The molecule has 0 radical (unpaired) electrons. The third-order valence-corrected chi connectivity index (χ3v) is 9.85. The maximum Gasteiger partial charge on any atom is 0.135 e. The quantitative estimate of drug-likeness (QED) is 0.185. The Hall–Kier alpha value is -6.18. The highest BCUT2D eigenvalue weighted by molar-refractivity contribution is 6.22. The zero-order valence-corrected chi connectivity index (χ0v) is 25.6. The molecule has 0 unspecified atom stereocenters. The molecule has 1 nitrogen and oxygen atoms in total. The SMILES string of the molecule is c1ccc2c(-c3cccc4cc(-c5c6ccccc6c(-c6ccc7oc8ccccc8c7c6)c6ccccc56)ccc34)cccc2c1. The topological polar surface area (TPSA) is 13.1 Å². The first-order valence-electron chi connectivity index (χ1n) is 16.2. The van der Waals surface area contributed by atoms with E-state index in [2.05, 4.69) is 158 Å². The number of hydrogen-bond donors (Lipinski definition) is 0. The first-order valence-corrected chi connectivity index (χ1v) is 16.2. The Morgan fingerprint density at radius 3 is 1.43 bits per heavy atom. The summed E-state index contributed by atoms with van der Waals surface area (Å²) in [6, 6.07) is 61.7. The fraction of sp³-hybridized carbons (Fsp3) is 0. The van der Waals surface area contributed by atoms with Gasteiger partial charge in [0.05, 0.1) is 0 Å². The fourth-order valence-electron chi connectivity index (χ4n) is 7.77. The van der Waals surface area contributed by atoms with E-state index in [0.29, 0.717) is 0 Å². The Kier molecular flexibility index (Phi) is 5.64. The van der Waals surface area contributed by atoms with Crippen molar-refractivity contribution in [1.82, 2.24) is 0 Å². The molecule has 1 heteroatoms. The van der Waals surface area contributed by atoms with Crippen molar-refractivity contribution in [2.75, 3.05) is 0 Å². The number of furan rings is 1. The summed E-state index contributed by atoms with van der Waals surface area (Å²) >= 11 is 0. The summed E-state index contributed by atoms with van der Waals surface area (Å²) in [5.74, 6) is 0. The largest absolute Gasteiger partial charge is 0.456 e. The summed E-state index contributed by atoms with van der Waals surface area (Å²) < 4.78 is 6.19. The van der Waals surface area contributed by atoms with Crippen LogP contribution < -0.4 is 0 Å². The number of benzene rings is 9. The summed E-state index contributed by atoms with van der Waals surface area (Å²) in [6.45, 7) is 0. The monoisotopic (exact) mass is 596 g/mol. The summed E-state index contributed by atoms with van der Waals surface area (Å²) in [6.07, 6.45) is 0. The van der Waals surface area contributed by atoms with Gasteiger partial charge in [-0.1, -0.05) is 146 Å². The van der Waals surface area contributed by atoms with Crippen molar-refractivity contribution >= 4 is 65.0 Å². The minimum absolute atomic E-state index is 0.916. The van der Waals surface area contributed by atoms with Gasteiger partial charge in [0, 0.05) is 10.8 Å². The third kappa shape index (κ3) is 3.97. The third-order valence-electron chi connectivity index (χ3n) is 9.85. The summed E-state index contributed by atoms with van der Waals surface area (Å²) in [5, 5.41) is 12.3. The molecule has 0 bridgehead atoms. The van der Waals surface area contributed by atoms with Crippen LogP contribution in [-0.2, 0) is 0 Å². The van der Waals surface area contributed by atoms with Crippen molar-refractivity contribution in [3.05, 3.63) is 170 Å². The molecule has 218 valence electrons. The standard InChI is InChI=1S/C46H28O/c1-2-14-33-29(11-1)12-9-20-35(33)36-21-10-13-30-27-31(23-25-34(30)36)45-38-16-3-5-18-40(38)46(41-19-6-4-17-39(41)45)32-24-26-44-42(28-32)37-15-7-8-22-43(37)47-44/h1-28H. The van der Waals surface area contributed by atoms with Crippen molar-refractivity contribution in [3.63, 3.8) is 0 Å². The molecule has 0 atom stereocenters. The molecular weight excluding hydrogens is 569 g/mol. The molecular formula is C46H28O. The number of rotatable bonds is 3. The fourth-order valence-corrected chi connectivity index (χ4v) is 7.77. The van der Waals surface area contributed by atoms with Crippen LogP contribution in [0.15, 0.2) is 174 Å². The molecule has 0 saturated heterocycles. The number of hydrogen-bond acceptors (Lipinski definition) is 1. The average molecular weight is 597 g/mol. The van der Waals surface area contributed by atoms with E-state index in [9.17, 15) is 0 Å². The van der Waals surface area contributed by atoms with Crippen molar-refractivity contribution in [2.45, 2.75) is 0 Å². The maximum atomic E-state index is 6.19. The average Bonchev–Trinajstić information content (AvgIpc) is 3.51. The first-order chi connectivity index (χ1) is 23.3. The molecule has 0 amide bonds. The van der Waals surface area contributed by atoms with Gasteiger partial charge in [-0.3, -0.25) is 0 Å². The Morgan fingerprint density at radius 2 is 0.745 bits per heavy atom. The van der Waals surface area contributed by atoms with Crippen LogP contribution in [0.25, 0.3) is 98.4 Å². The molecule has 0 saturated carbocycles. The molecule has 0 spiro atoms. The van der Waals surface area contributed by atoms with Gasteiger partial charge in [-0.2, -0.15) is 0 Å². The van der Waals surface area contributed by atoms with Gasteiger partial charge in [-0.25, -0.2) is 0 Å². The van der Waals surface area contributed by atoms with Crippen LogP contribution in [0.4, 0.5) is 0 Å². The van der Waals surface area contributed by atoms with Gasteiger partial charge < -0.3 is 4.42 Å². The molecule has 9 aromatic carbocycles. The lowest BCUT2D eigenvalue weighted by molar-refractivity contribution is 0.669. The van der Waals surface area contributed by atoms with Crippen LogP contribution >= 0.6 is 0 Å². The van der Waals surface area contributed by atoms with Crippen molar-refractivity contribution in [1.29, 1.82) is 0 Å². The second-order valence-electron chi connectivity index (χ2n) is 12.4. The van der Waals surface area contributed by atoms with Crippen LogP contribution in [0.5, 0.6) is 0 Å². The number of fused-ring (bicyclic) bond motifs is 7. The van der Waals surface area contributed by atoms with Crippen LogP contribution in [0.1, 0.15) is 0 Å². The minimum Gasteiger partial charge on any atom is -0.456 e. The van der Waals surface area contributed by atoms with Crippen molar-refractivity contribution < 1.29 is 4.42 Å². The van der Waals surface area contributed by atoms with Crippen molar-refractivity contribution in [3.8, 4) is 33.4 Å². The smallest absolute Gasteiger partial charge is 0.135 e. The molecule has 10 rings (SSSR count). The lowest BCUT2D eigenvalue weighted by Gasteiger charge is -2.18. The van der Waals surface area contributed by atoms with Crippen molar-refractivity contribution in [2.24, 2.45) is 0 Å². The lowest BCUT2D eigenvalue weighted by Crippen LogP contribution is -1.91. The van der Waals surface area contributed by atoms with Gasteiger partial charge in [-0.15, -0.1) is 0 Å². The van der Waals surface area contributed by atoms with Gasteiger partial charge in [0.25, 0.3) is 0 Å². The van der Waals surface area contributed by atoms with E-state index >= 15 is 0 Å². The molecule has 0 aliphatic heterocycles. The highest BCUT2D eigenvalue weighted by atomic mass is 16.3. The Balaban J connectivity index is 1.22. The van der Waals surface area contributed by atoms with Crippen LogP contribution in [0, 0.1) is 0 Å². The van der Waals surface area contributed by atoms with Gasteiger partial charge >= 0.3 is 0 Å². The highest BCUT2D eigenvalue weighted by Gasteiger charge is 2.18. The second kappa shape index (κ2) is 10.2. The Morgan fingerprint density at radius 1 is 0.277 bits per heavy atom. The van der Waals surface area contributed by atoms with Crippen LogP contribution in [-0.4, -0.2) is 0 Å². The molecule has 47 heavy (non-hydrogen) atoms. The number of para-hydroxylation sites is 1. The van der Waals surface area contributed by atoms with E-state index < -0.39 is 0 Å². The highest BCUT2D eigenvalue weighted by Crippen LogP contribution is 2.45. The molecule has 0 fully saturated rings. The minimum atomic E-state index is 0.916. The van der Waals surface area contributed by atoms with Gasteiger partial charge in [-0.05, 0) is 101 Å². The zero-order chi connectivity index (χ0) is 30.9. The lowest BCUT2D eigenvalue weighted by atomic mass is 9.85.